The van der Waals surface area contributed by atoms with Crippen LogP contribution in [0.5, 0.6) is 0 Å². The second-order valence-corrected chi connectivity index (χ2v) is 12.9. The zero-order chi connectivity index (χ0) is 29.4. The molecule has 12 heteroatoms. The summed E-state index contributed by atoms with van der Waals surface area (Å²) in [5.41, 5.74) is -0.280. The van der Waals surface area contributed by atoms with Gasteiger partial charge >= 0.3 is 6.18 Å². The van der Waals surface area contributed by atoms with Gasteiger partial charge in [0.2, 0.25) is 11.8 Å². The Morgan fingerprint density at radius 1 is 1.20 bits per heavy atom. The van der Waals surface area contributed by atoms with Crippen LogP contribution in [-0.4, -0.2) is 63.7 Å². The van der Waals surface area contributed by atoms with Gasteiger partial charge in [-0.05, 0) is 56.0 Å². The quantitative estimate of drug-likeness (QED) is 0.438. The Morgan fingerprint density at radius 2 is 1.90 bits per heavy atom. The fraction of sp³-hybridized carbons (Fsp3) is 0.483. The first-order chi connectivity index (χ1) is 19.3. The van der Waals surface area contributed by atoms with Gasteiger partial charge in [0, 0.05) is 35.8 Å². The molecule has 3 atom stereocenters. The van der Waals surface area contributed by atoms with Gasteiger partial charge in [0.05, 0.1) is 39.9 Å². The van der Waals surface area contributed by atoms with E-state index in [9.17, 15) is 27.6 Å². The number of pyridine rings is 2. The molecule has 1 saturated carbocycles. The van der Waals surface area contributed by atoms with Crippen molar-refractivity contribution in [3.63, 3.8) is 0 Å². The Balaban J connectivity index is 1.42. The van der Waals surface area contributed by atoms with Crippen LogP contribution in [0.4, 0.5) is 13.2 Å². The van der Waals surface area contributed by atoms with Gasteiger partial charge in [-0.25, -0.2) is 4.98 Å². The number of aryl methyl sites for hydroxylation is 1. The van der Waals surface area contributed by atoms with Gasteiger partial charge in [0.15, 0.2) is 0 Å². The van der Waals surface area contributed by atoms with Crippen LogP contribution >= 0.6 is 11.3 Å². The molecule has 0 bridgehead atoms. The smallest absolute Gasteiger partial charge is 0.337 e. The highest BCUT2D eigenvalue weighted by molar-refractivity contribution is 7.19. The number of likely N-dealkylation sites (tertiary alicyclic amines) is 2. The molecule has 41 heavy (non-hydrogen) atoms. The number of halogens is 3. The van der Waals surface area contributed by atoms with Crippen LogP contribution in [0, 0.1) is 24.2 Å². The summed E-state index contributed by atoms with van der Waals surface area (Å²) in [6.45, 7) is 6.35. The number of alkyl halides is 3. The molecule has 1 N–H and O–H groups in total. The number of likely N-dealkylation sites (N-methyl/N-ethyl adjacent to an activating group) is 1. The van der Waals surface area contributed by atoms with Gasteiger partial charge in [-0.3, -0.25) is 24.3 Å². The molecular weight excluding hydrogens is 555 g/mol. The number of nitrogens with zero attached hydrogens (tertiary/aromatic N) is 4. The topological polar surface area (TPSA) is 95.5 Å². The first kappa shape index (κ1) is 27.8. The Morgan fingerprint density at radius 3 is 2.56 bits per heavy atom. The van der Waals surface area contributed by atoms with Crippen LogP contribution in [0.1, 0.15) is 53.2 Å². The van der Waals surface area contributed by atoms with Crippen molar-refractivity contribution in [2.75, 3.05) is 20.1 Å². The summed E-state index contributed by atoms with van der Waals surface area (Å²) >= 11 is 1.24. The molecular formula is C29H30F3N5O3S. The van der Waals surface area contributed by atoms with Crippen molar-refractivity contribution < 1.29 is 27.6 Å². The number of aromatic nitrogens is 2. The fourth-order valence-corrected chi connectivity index (χ4v) is 7.52. The van der Waals surface area contributed by atoms with Crippen LogP contribution in [0.3, 0.4) is 0 Å². The maximum absolute atomic E-state index is 13.9. The number of carbonyl (C=O) groups is 3. The molecule has 0 spiro atoms. The Hall–Kier alpha value is -3.38. The molecule has 0 aromatic carbocycles. The van der Waals surface area contributed by atoms with E-state index in [4.69, 9.17) is 0 Å². The van der Waals surface area contributed by atoms with Crippen molar-refractivity contribution in [2.24, 2.45) is 17.3 Å². The average molecular weight is 586 g/mol. The molecule has 8 nitrogen and oxygen atoms in total. The van der Waals surface area contributed by atoms with Crippen LogP contribution in [0.25, 0.3) is 21.5 Å². The summed E-state index contributed by atoms with van der Waals surface area (Å²) in [7, 11) is 1.82. The lowest BCUT2D eigenvalue weighted by atomic mass is 9.97. The van der Waals surface area contributed by atoms with Gasteiger partial charge in [0.1, 0.15) is 5.69 Å². The number of hydrogen-bond donors (Lipinski definition) is 1. The van der Waals surface area contributed by atoms with Crippen molar-refractivity contribution in [1.29, 1.82) is 0 Å². The maximum atomic E-state index is 13.9. The molecule has 0 radical (unpaired) electrons. The molecule has 216 valence electrons. The Labute approximate surface area is 238 Å². The van der Waals surface area contributed by atoms with Crippen molar-refractivity contribution >= 4 is 39.3 Å². The predicted octanol–water partition coefficient (Wildman–Crippen LogP) is 4.65. The first-order valence-electron chi connectivity index (χ1n) is 13.6. The van der Waals surface area contributed by atoms with E-state index in [2.05, 4.69) is 15.3 Å². The highest BCUT2D eigenvalue weighted by Crippen LogP contribution is 2.63. The number of fused-ring (bicyclic) bond motifs is 2. The minimum atomic E-state index is -4.71. The molecule has 3 aromatic rings. The van der Waals surface area contributed by atoms with E-state index in [-0.39, 0.29) is 64.4 Å². The van der Waals surface area contributed by atoms with E-state index in [1.54, 1.807) is 17.0 Å². The van der Waals surface area contributed by atoms with Crippen molar-refractivity contribution in [2.45, 2.75) is 52.4 Å². The van der Waals surface area contributed by atoms with Gasteiger partial charge in [0.25, 0.3) is 5.91 Å². The summed E-state index contributed by atoms with van der Waals surface area (Å²) in [5, 5.41) is 3.19. The lowest BCUT2D eigenvalue weighted by molar-refractivity contribution is -0.144. The standard InChI is InChI=1S/C29H30F3N5O3S/c1-14-10-19(29(30,31)32)35-23(20(14)25(38)36-9-5-6-15(12-36)33-4)17-7-8-34-18-11-16(41-24(17)18)13-37-26(39)21-22(27(37)40)28(21,2)3/h7-8,10-11,15,21-22,33H,5-6,9,12-13H2,1-4H3/t15-,21?,22?/m0/s1. The van der Waals surface area contributed by atoms with E-state index in [0.717, 1.165) is 18.9 Å². The van der Waals surface area contributed by atoms with E-state index in [0.29, 0.717) is 33.7 Å². The maximum Gasteiger partial charge on any atom is 0.433 e. The Bertz CT molecular complexity index is 1580. The molecule has 3 aromatic heterocycles. The second-order valence-electron chi connectivity index (χ2n) is 11.7. The number of amides is 3. The van der Waals surface area contributed by atoms with Gasteiger partial charge in [-0.15, -0.1) is 11.3 Å². The normalized spacial score (nSPS) is 23.8. The lowest BCUT2D eigenvalue weighted by Gasteiger charge is -2.33. The predicted molar refractivity (Wildman–Crippen MR) is 147 cm³/mol. The summed E-state index contributed by atoms with van der Waals surface area (Å²) in [6, 6.07) is 4.33. The molecule has 2 aliphatic heterocycles. The molecule has 5 heterocycles. The first-order valence-corrected chi connectivity index (χ1v) is 14.4. The van der Waals surface area contributed by atoms with E-state index in [1.165, 1.54) is 29.4 Å². The third-order valence-electron chi connectivity index (χ3n) is 8.76. The molecule has 3 aliphatic rings. The molecule has 2 saturated heterocycles. The number of hydrogen-bond acceptors (Lipinski definition) is 7. The summed E-state index contributed by atoms with van der Waals surface area (Å²) < 4.78 is 42.3. The zero-order valence-corrected chi connectivity index (χ0v) is 23.9. The molecule has 1 aliphatic carbocycles. The van der Waals surface area contributed by atoms with Crippen LogP contribution < -0.4 is 5.32 Å². The molecule has 3 amide bonds. The van der Waals surface area contributed by atoms with E-state index >= 15 is 0 Å². The average Bonchev–Trinajstić information content (AvgIpc) is 3.17. The van der Waals surface area contributed by atoms with Crippen LogP contribution in [-0.2, 0) is 22.3 Å². The highest BCUT2D eigenvalue weighted by Gasteiger charge is 2.72. The zero-order valence-electron chi connectivity index (χ0n) is 23.1. The monoisotopic (exact) mass is 585 g/mol. The van der Waals surface area contributed by atoms with Crippen molar-refractivity contribution in [3.8, 4) is 11.3 Å². The van der Waals surface area contributed by atoms with Crippen molar-refractivity contribution in [3.05, 3.63) is 46.1 Å². The van der Waals surface area contributed by atoms with Gasteiger partial charge in [-0.2, -0.15) is 13.2 Å². The molecule has 6 rings (SSSR count). The SMILES string of the molecule is CN[C@H]1CCCN(C(=O)c2c(C)cc(C(F)(F)F)nc2-c2ccnc3cc(CN4C(=O)C5C(C4=O)C5(C)C)sc23)C1. The van der Waals surface area contributed by atoms with Crippen LogP contribution in [0.2, 0.25) is 0 Å². The Kier molecular flexibility index (Phi) is 6.49. The van der Waals surface area contributed by atoms with Crippen molar-refractivity contribution in [1.82, 2.24) is 25.1 Å². The lowest BCUT2D eigenvalue weighted by Crippen LogP contribution is -2.47. The summed E-state index contributed by atoms with van der Waals surface area (Å²) in [4.78, 5) is 51.7. The van der Waals surface area contributed by atoms with Crippen LogP contribution in [0.15, 0.2) is 24.4 Å². The van der Waals surface area contributed by atoms with Gasteiger partial charge < -0.3 is 10.2 Å². The third kappa shape index (κ3) is 4.51. The number of nitrogens with one attached hydrogen (secondary N) is 1. The number of thiophene rings is 1. The number of piperidine rings is 2. The minimum absolute atomic E-state index is 0.0500. The number of imide groups is 1. The summed E-state index contributed by atoms with van der Waals surface area (Å²) in [5.74, 6) is -1.36. The molecule has 3 fully saturated rings. The number of rotatable bonds is 5. The van der Waals surface area contributed by atoms with E-state index in [1.807, 2.05) is 20.9 Å². The number of carbonyl (C=O) groups excluding carboxylic acids is 3. The third-order valence-corrected chi connectivity index (χ3v) is 9.90. The minimum Gasteiger partial charge on any atom is -0.337 e. The van der Waals surface area contributed by atoms with E-state index < -0.39 is 11.9 Å². The highest BCUT2D eigenvalue weighted by atomic mass is 32.1. The second kappa shape index (κ2) is 9.59. The fourth-order valence-electron chi connectivity index (χ4n) is 6.41. The van der Waals surface area contributed by atoms with Gasteiger partial charge in [-0.1, -0.05) is 13.8 Å². The molecule has 2 unspecified atom stereocenters. The largest absolute Gasteiger partial charge is 0.433 e. The summed E-state index contributed by atoms with van der Waals surface area (Å²) in [6.07, 6.45) is -1.55.